The van der Waals surface area contributed by atoms with Crippen molar-refractivity contribution in [3.63, 3.8) is 0 Å². The fourth-order valence-electron chi connectivity index (χ4n) is 3.67. The quantitative estimate of drug-likeness (QED) is 0.872. The summed E-state index contributed by atoms with van der Waals surface area (Å²) in [5.41, 5.74) is 1.16. The van der Waals surface area contributed by atoms with Gasteiger partial charge in [0.1, 0.15) is 5.78 Å². The first kappa shape index (κ1) is 17.0. The monoisotopic (exact) mass is 330 g/mol. The number of Topliss-reactive ketones (excluding diaryl/α,β-unsaturated/α-hetero) is 1. The van der Waals surface area contributed by atoms with E-state index in [1.165, 1.54) is 0 Å². The van der Waals surface area contributed by atoms with Gasteiger partial charge >= 0.3 is 6.03 Å². The molecule has 2 aliphatic rings. The summed E-state index contributed by atoms with van der Waals surface area (Å²) in [7, 11) is 0. The van der Waals surface area contributed by atoms with Crippen molar-refractivity contribution >= 4 is 11.8 Å². The molecular formula is C19H26N2O3. The Labute approximate surface area is 143 Å². The van der Waals surface area contributed by atoms with E-state index in [-0.39, 0.29) is 24.0 Å². The third-order valence-electron chi connectivity index (χ3n) is 4.90. The Balaban J connectivity index is 1.37. The van der Waals surface area contributed by atoms with Crippen molar-refractivity contribution < 1.29 is 14.3 Å². The zero-order valence-electron chi connectivity index (χ0n) is 14.2. The predicted octanol–water partition coefficient (Wildman–Crippen LogP) is 2.74. The minimum absolute atomic E-state index is 0.0232. The summed E-state index contributed by atoms with van der Waals surface area (Å²) < 4.78 is 5.72. The van der Waals surface area contributed by atoms with Gasteiger partial charge in [0.2, 0.25) is 0 Å². The average Bonchev–Trinajstić information content (AvgIpc) is 2.85. The van der Waals surface area contributed by atoms with E-state index in [0.29, 0.717) is 38.4 Å². The molecule has 0 spiro atoms. The SMILES string of the molecule is C[C@H](CNC(=O)N1[C@H]2CC[C@H]1CC(=O)C2)COCc1ccccc1. The number of rotatable bonds is 6. The highest BCUT2D eigenvalue weighted by Crippen LogP contribution is 2.33. The zero-order chi connectivity index (χ0) is 16.9. The van der Waals surface area contributed by atoms with Crippen LogP contribution < -0.4 is 5.32 Å². The summed E-state index contributed by atoms with van der Waals surface area (Å²) in [6, 6.07) is 10.3. The molecule has 3 atom stereocenters. The third kappa shape index (κ3) is 4.15. The van der Waals surface area contributed by atoms with Gasteiger partial charge in [-0.05, 0) is 24.3 Å². The average molecular weight is 330 g/mol. The van der Waals surface area contributed by atoms with Crippen molar-refractivity contribution in [3.8, 4) is 0 Å². The molecular weight excluding hydrogens is 304 g/mol. The van der Waals surface area contributed by atoms with Gasteiger partial charge in [-0.1, -0.05) is 37.3 Å². The Morgan fingerprint density at radius 1 is 1.25 bits per heavy atom. The molecule has 1 aromatic rings. The van der Waals surface area contributed by atoms with E-state index in [9.17, 15) is 9.59 Å². The molecule has 0 aromatic heterocycles. The Hall–Kier alpha value is -1.88. The molecule has 1 aromatic carbocycles. The third-order valence-corrected chi connectivity index (χ3v) is 4.90. The summed E-state index contributed by atoms with van der Waals surface area (Å²) in [6.07, 6.45) is 2.97. The maximum absolute atomic E-state index is 12.4. The number of piperidine rings is 1. The van der Waals surface area contributed by atoms with Crippen LogP contribution in [0.1, 0.15) is 38.2 Å². The molecule has 5 nitrogen and oxygen atoms in total. The molecule has 1 N–H and O–H groups in total. The van der Waals surface area contributed by atoms with Crippen LogP contribution in [0.15, 0.2) is 30.3 Å². The lowest BCUT2D eigenvalue weighted by atomic mass is 10.0. The van der Waals surface area contributed by atoms with Gasteiger partial charge in [-0.25, -0.2) is 4.79 Å². The second-order valence-corrected chi connectivity index (χ2v) is 7.03. The molecule has 2 saturated heterocycles. The molecule has 24 heavy (non-hydrogen) atoms. The van der Waals surface area contributed by atoms with Crippen molar-refractivity contribution in [2.24, 2.45) is 5.92 Å². The van der Waals surface area contributed by atoms with Gasteiger partial charge in [-0.15, -0.1) is 0 Å². The summed E-state index contributed by atoms with van der Waals surface area (Å²) >= 11 is 0. The van der Waals surface area contributed by atoms with E-state index in [2.05, 4.69) is 12.2 Å². The van der Waals surface area contributed by atoms with Crippen molar-refractivity contribution in [2.75, 3.05) is 13.2 Å². The Morgan fingerprint density at radius 3 is 2.58 bits per heavy atom. The lowest BCUT2D eigenvalue weighted by Crippen LogP contribution is -2.51. The molecule has 2 fully saturated rings. The number of amides is 2. The Morgan fingerprint density at radius 2 is 1.92 bits per heavy atom. The van der Waals surface area contributed by atoms with Crippen LogP contribution in [0, 0.1) is 5.92 Å². The van der Waals surface area contributed by atoms with E-state index in [4.69, 9.17) is 4.74 Å². The Bertz CT molecular complexity index is 559. The number of ketones is 1. The highest BCUT2D eigenvalue weighted by molar-refractivity contribution is 5.84. The number of hydrogen-bond acceptors (Lipinski definition) is 3. The number of carbonyl (C=O) groups is 2. The molecule has 2 aliphatic heterocycles. The molecule has 3 rings (SSSR count). The van der Waals surface area contributed by atoms with Gasteiger partial charge < -0.3 is 15.0 Å². The lowest BCUT2D eigenvalue weighted by Gasteiger charge is -2.34. The maximum Gasteiger partial charge on any atom is 0.317 e. The molecule has 2 heterocycles. The number of hydrogen-bond donors (Lipinski definition) is 1. The highest BCUT2D eigenvalue weighted by Gasteiger charge is 2.42. The van der Waals surface area contributed by atoms with Gasteiger partial charge in [-0.2, -0.15) is 0 Å². The van der Waals surface area contributed by atoms with Gasteiger partial charge in [0.15, 0.2) is 0 Å². The van der Waals surface area contributed by atoms with Crippen molar-refractivity contribution in [1.82, 2.24) is 10.2 Å². The number of carbonyl (C=O) groups excluding carboxylic acids is 2. The van der Waals surface area contributed by atoms with Crippen LogP contribution in [0.4, 0.5) is 4.79 Å². The number of urea groups is 1. The van der Waals surface area contributed by atoms with E-state index < -0.39 is 0 Å². The van der Waals surface area contributed by atoms with Crippen LogP contribution in [0.2, 0.25) is 0 Å². The zero-order valence-corrected chi connectivity index (χ0v) is 14.2. The van der Waals surface area contributed by atoms with Gasteiger partial charge in [-0.3, -0.25) is 4.79 Å². The number of nitrogens with one attached hydrogen (secondary N) is 1. The van der Waals surface area contributed by atoms with E-state index in [1.807, 2.05) is 35.2 Å². The van der Waals surface area contributed by atoms with Crippen LogP contribution in [0.25, 0.3) is 0 Å². The molecule has 0 unspecified atom stereocenters. The first-order chi connectivity index (χ1) is 11.6. The van der Waals surface area contributed by atoms with Crippen molar-refractivity contribution in [1.29, 1.82) is 0 Å². The van der Waals surface area contributed by atoms with Crippen molar-refractivity contribution in [3.05, 3.63) is 35.9 Å². The van der Waals surface area contributed by atoms with E-state index in [1.54, 1.807) is 0 Å². The smallest absolute Gasteiger partial charge is 0.317 e. The highest BCUT2D eigenvalue weighted by atomic mass is 16.5. The van der Waals surface area contributed by atoms with Crippen LogP contribution in [0.5, 0.6) is 0 Å². The molecule has 130 valence electrons. The van der Waals surface area contributed by atoms with Gasteiger partial charge in [0, 0.05) is 31.5 Å². The molecule has 0 aliphatic carbocycles. The van der Waals surface area contributed by atoms with Gasteiger partial charge in [0.25, 0.3) is 0 Å². The number of benzene rings is 1. The summed E-state index contributed by atoms with van der Waals surface area (Å²) in [4.78, 5) is 25.9. The van der Waals surface area contributed by atoms with Crippen molar-refractivity contribution in [2.45, 2.75) is 51.3 Å². The molecule has 2 bridgehead atoms. The number of nitrogens with zero attached hydrogens (tertiary/aromatic N) is 1. The summed E-state index contributed by atoms with van der Waals surface area (Å²) in [5.74, 6) is 0.552. The maximum atomic E-state index is 12.4. The Kier molecular flexibility index (Phi) is 5.51. The fraction of sp³-hybridized carbons (Fsp3) is 0.579. The first-order valence-electron chi connectivity index (χ1n) is 8.83. The van der Waals surface area contributed by atoms with Crippen LogP contribution in [-0.4, -0.2) is 41.9 Å². The topological polar surface area (TPSA) is 58.6 Å². The van der Waals surface area contributed by atoms with Gasteiger partial charge in [0.05, 0.1) is 13.2 Å². The van der Waals surface area contributed by atoms with E-state index in [0.717, 1.165) is 18.4 Å². The largest absolute Gasteiger partial charge is 0.376 e. The standard InChI is InChI=1S/C19H26N2O3/c1-14(12-24-13-15-5-3-2-4-6-15)11-20-19(23)21-16-7-8-17(21)10-18(22)9-16/h2-6,14,16-17H,7-13H2,1H3,(H,20,23)/t14-,16+,17+/m1/s1. The minimum atomic E-state index is -0.0232. The second-order valence-electron chi connectivity index (χ2n) is 7.03. The normalized spacial score (nSPS) is 24.0. The molecule has 5 heteroatoms. The summed E-state index contributed by atoms with van der Waals surface area (Å²) in [6.45, 7) is 3.87. The fourth-order valence-corrected chi connectivity index (χ4v) is 3.67. The number of ether oxygens (including phenoxy) is 1. The summed E-state index contributed by atoms with van der Waals surface area (Å²) in [5, 5.41) is 3.01. The number of fused-ring (bicyclic) bond motifs is 2. The molecule has 2 amide bonds. The molecule has 0 saturated carbocycles. The lowest BCUT2D eigenvalue weighted by molar-refractivity contribution is -0.122. The van der Waals surface area contributed by atoms with Crippen LogP contribution in [-0.2, 0) is 16.1 Å². The van der Waals surface area contributed by atoms with Crippen LogP contribution >= 0.6 is 0 Å². The first-order valence-corrected chi connectivity index (χ1v) is 8.83. The van der Waals surface area contributed by atoms with E-state index >= 15 is 0 Å². The minimum Gasteiger partial charge on any atom is -0.376 e. The second kappa shape index (κ2) is 7.79. The molecule has 0 radical (unpaired) electrons. The van der Waals surface area contributed by atoms with Crippen LogP contribution in [0.3, 0.4) is 0 Å². The predicted molar refractivity (Wildman–Crippen MR) is 91.6 cm³/mol.